The van der Waals surface area contributed by atoms with Gasteiger partial charge in [0.25, 0.3) is 0 Å². The van der Waals surface area contributed by atoms with Crippen molar-refractivity contribution in [2.75, 3.05) is 0 Å². The van der Waals surface area contributed by atoms with Crippen molar-refractivity contribution in [1.29, 1.82) is 5.26 Å². The van der Waals surface area contributed by atoms with E-state index >= 15 is 0 Å². The first-order chi connectivity index (χ1) is 9.36. The van der Waals surface area contributed by atoms with Gasteiger partial charge in [-0.3, -0.25) is 4.98 Å². The molecule has 1 aromatic carbocycles. The Bertz CT molecular complexity index is 740. The van der Waals surface area contributed by atoms with E-state index in [1.807, 2.05) is 30.5 Å². The molecule has 3 aromatic rings. The fourth-order valence-corrected chi connectivity index (χ4v) is 1.75. The van der Waals surface area contributed by atoms with Gasteiger partial charge in [0.05, 0.1) is 23.5 Å². The minimum Gasteiger partial charge on any atom is -0.264 e. The molecule has 0 bridgehead atoms. The molecule has 3 rings (SSSR count). The average molecular weight is 247 g/mol. The van der Waals surface area contributed by atoms with Gasteiger partial charge < -0.3 is 0 Å². The lowest BCUT2D eigenvalue weighted by Gasteiger charge is -1.99. The molecule has 2 aromatic heterocycles. The molecular weight excluding hydrogens is 238 g/mol. The zero-order valence-corrected chi connectivity index (χ0v) is 9.93. The second kappa shape index (κ2) is 4.70. The Balaban J connectivity index is 2.00. The molecule has 0 fully saturated rings. The molecule has 0 saturated heterocycles. The maximum atomic E-state index is 8.89. The Kier molecular flexibility index (Phi) is 2.75. The fraction of sp³-hybridized carbons (Fsp3) is 0. The van der Waals surface area contributed by atoms with Crippen molar-refractivity contribution in [3.05, 3.63) is 60.6 Å². The SMILES string of the molecule is N#Cc1cccc(-n2cc(-c3cccnc3)nn2)c1. The highest BCUT2D eigenvalue weighted by atomic mass is 15.4. The number of hydrogen-bond donors (Lipinski definition) is 0. The second-order valence-electron chi connectivity index (χ2n) is 3.95. The van der Waals surface area contributed by atoms with Gasteiger partial charge in [-0.15, -0.1) is 5.10 Å². The Labute approximate surface area is 109 Å². The van der Waals surface area contributed by atoms with Crippen molar-refractivity contribution in [2.24, 2.45) is 0 Å². The summed E-state index contributed by atoms with van der Waals surface area (Å²) in [6.07, 6.45) is 5.26. The summed E-state index contributed by atoms with van der Waals surface area (Å²) < 4.78 is 1.64. The summed E-state index contributed by atoms with van der Waals surface area (Å²) in [5, 5.41) is 17.1. The lowest BCUT2D eigenvalue weighted by atomic mass is 10.2. The molecule has 0 aliphatic carbocycles. The molecular formula is C14H9N5. The van der Waals surface area contributed by atoms with E-state index in [9.17, 15) is 0 Å². The van der Waals surface area contributed by atoms with Crippen molar-refractivity contribution >= 4 is 0 Å². The molecule has 0 spiro atoms. The maximum Gasteiger partial charge on any atom is 0.115 e. The largest absolute Gasteiger partial charge is 0.264 e. The topological polar surface area (TPSA) is 67.4 Å². The van der Waals surface area contributed by atoms with Crippen LogP contribution in [-0.4, -0.2) is 20.0 Å². The van der Waals surface area contributed by atoms with Crippen LogP contribution in [0.4, 0.5) is 0 Å². The van der Waals surface area contributed by atoms with E-state index in [1.165, 1.54) is 0 Å². The zero-order chi connectivity index (χ0) is 13.1. The highest BCUT2D eigenvalue weighted by molar-refractivity contribution is 5.56. The lowest BCUT2D eigenvalue weighted by molar-refractivity contribution is 0.803. The number of nitriles is 1. The Morgan fingerprint density at radius 2 is 2.11 bits per heavy atom. The molecule has 0 aliphatic heterocycles. The molecule has 19 heavy (non-hydrogen) atoms. The van der Waals surface area contributed by atoms with Crippen LogP contribution in [-0.2, 0) is 0 Å². The van der Waals surface area contributed by atoms with Crippen molar-refractivity contribution in [2.45, 2.75) is 0 Å². The molecule has 0 N–H and O–H groups in total. The van der Waals surface area contributed by atoms with Crippen molar-refractivity contribution < 1.29 is 0 Å². The number of nitrogens with zero attached hydrogens (tertiary/aromatic N) is 5. The molecule has 0 saturated carbocycles. The summed E-state index contributed by atoms with van der Waals surface area (Å²) in [5.74, 6) is 0. The number of rotatable bonds is 2. The van der Waals surface area contributed by atoms with Crippen LogP contribution in [0.2, 0.25) is 0 Å². The van der Waals surface area contributed by atoms with Crippen LogP contribution in [0.15, 0.2) is 55.0 Å². The van der Waals surface area contributed by atoms with Crippen LogP contribution in [0.25, 0.3) is 16.9 Å². The van der Waals surface area contributed by atoms with E-state index in [-0.39, 0.29) is 0 Å². The summed E-state index contributed by atoms with van der Waals surface area (Å²) in [4.78, 5) is 4.05. The van der Waals surface area contributed by atoms with Crippen molar-refractivity contribution in [3.63, 3.8) is 0 Å². The predicted octanol–water partition coefficient (Wildman–Crippen LogP) is 2.20. The third kappa shape index (κ3) is 2.19. The van der Waals surface area contributed by atoms with Crippen molar-refractivity contribution in [1.82, 2.24) is 20.0 Å². The van der Waals surface area contributed by atoms with E-state index in [0.717, 1.165) is 16.9 Å². The van der Waals surface area contributed by atoms with Gasteiger partial charge in [0, 0.05) is 18.0 Å². The standard InChI is InChI=1S/C14H9N5/c15-8-11-3-1-5-13(7-11)19-10-14(17-18-19)12-4-2-6-16-9-12/h1-7,9-10H. The number of benzene rings is 1. The number of aromatic nitrogens is 4. The summed E-state index contributed by atoms with van der Waals surface area (Å²) in [7, 11) is 0. The third-order valence-corrected chi connectivity index (χ3v) is 2.69. The molecule has 2 heterocycles. The molecule has 5 nitrogen and oxygen atoms in total. The van der Waals surface area contributed by atoms with Crippen LogP contribution in [0.3, 0.4) is 0 Å². The van der Waals surface area contributed by atoms with E-state index in [4.69, 9.17) is 5.26 Å². The second-order valence-corrected chi connectivity index (χ2v) is 3.95. The van der Waals surface area contributed by atoms with Crippen LogP contribution in [0.5, 0.6) is 0 Å². The Morgan fingerprint density at radius 3 is 2.89 bits per heavy atom. The van der Waals surface area contributed by atoms with Gasteiger partial charge in [0.1, 0.15) is 5.69 Å². The van der Waals surface area contributed by atoms with Crippen LogP contribution in [0, 0.1) is 11.3 Å². The average Bonchev–Trinajstić information content (AvgIpc) is 2.98. The maximum absolute atomic E-state index is 8.89. The Morgan fingerprint density at radius 1 is 1.16 bits per heavy atom. The monoisotopic (exact) mass is 247 g/mol. The molecule has 90 valence electrons. The van der Waals surface area contributed by atoms with E-state index < -0.39 is 0 Å². The molecule has 5 heteroatoms. The highest BCUT2D eigenvalue weighted by Crippen LogP contribution is 2.16. The minimum atomic E-state index is 0.593. The molecule has 0 atom stereocenters. The van der Waals surface area contributed by atoms with E-state index in [1.54, 1.807) is 29.2 Å². The zero-order valence-electron chi connectivity index (χ0n) is 9.93. The van der Waals surface area contributed by atoms with Gasteiger partial charge in [-0.05, 0) is 30.3 Å². The predicted molar refractivity (Wildman–Crippen MR) is 69.3 cm³/mol. The summed E-state index contributed by atoms with van der Waals surface area (Å²) >= 11 is 0. The van der Waals surface area contributed by atoms with Gasteiger partial charge in [-0.25, -0.2) is 4.68 Å². The normalized spacial score (nSPS) is 10.1. The van der Waals surface area contributed by atoms with Crippen LogP contribution < -0.4 is 0 Å². The summed E-state index contributed by atoms with van der Waals surface area (Å²) in [5.41, 5.74) is 3.05. The van der Waals surface area contributed by atoms with Crippen molar-refractivity contribution in [3.8, 4) is 23.0 Å². The third-order valence-electron chi connectivity index (χ3n) is 2.69. The minimum absolute atomic E-state index is 0.593. The molecule has 0 unspecified atom stereocenters. The first-order valence-corrected chi connectivity index (χ1v) is 5.70. The lowest BCUT2D eigenvalue weighted by Crippen LogP contribution is -1.94. The first kappa shape index (κ1) is 11.1. The van der Waals surface area contributed by atoms with E-state index in [2.05, 4.69) is 21.4 Å². The van der Waals surface area contributed by atoms with E-state index in [0.29, 0.717) is 5.56 Å². The van der Waals surface area contributed by atoms with Gasteiger partial charge >= 0.3 is 0 Å². The van der Waals surface area contributed by atoms with Gasteiger partial charge in [0.15, 0.2) is 0 Å². The first-order valence-electron chi connectivity index (χ1n) is 5.70. The van der Waals surface area contributed by atoms with Gasteiger partial charge in [-0.2, -0.15) is 5.26 Å². The van der Waals surface area contributed by atoms with Gasteiger partial charge in [0.2, 0.25) is 0 Å². The Hall–Kier alpha value is -3.00. The van der Waals surface area contributed by atoms with Gasteiger partial charge in [-0.1, -0.05) is 11.3 Å². The highest BCUT2D eigenvalue weighted by Gasteiger charge is 2.05. The molecule has 0 aliphatic rings. The summed E-state index contributed by atoms with van der Waals surface area (Å²) in [6, 6.07) is 13.1. The van der Waals surface area contributed by atoms with Crippen LogP contribution in [0.1, 0.15) is 5.56 Å². The fourth-order valence-electron chi connectivity index (χ4n) is 1.75. The number of pyridine rings is 1. The smallest absolute Gasteiger partial charge is 0.115 e. The number of hydrogen-bond acceptors (Lipinski definition) is 4. The molecule has 0 radical (unpaired) electrons. The summed E-state index contributed by atoms with van der Waals surface area (Å²) in [6.45, 7) is 0. The quantitative estimate of drug-likeness (QED) is 0.696. The molecule has 0 amide bonds. The van der Waals surface area contributed by atoms with Crippen LogP contribution >= 0.6 is 0 Å².